The Labute approximate surface area is 200 Å². The van der Waals surface area contributed by atoms with Crippen LogP contribution in [0.3, 0.4) is 0 Å². The van der Waals surface area contributed by atoms with E-state index in [-0.39, 0.29) is 29.5 Å². The summed E-state index contributed by atoms with van der Waals surface area (Å²) in [6, 6.07) is 20.9. The van der Waals surface area contributed by atoms with E-state index >= 15 is 0 Å². The summed E-state index contributed by atoms with van der Waals surface area (Å²) in [7, 11) is -3.64. The average molecular weight is 505 g/mol. The number of aromatic nitrogens is 1. The number of carbonyl (C=O) groups excluding carboxylic acids is 1. The number of halogens is 2. The van der Waals surface area contributed by atoms with Gasteiger partial charge in [0.15, 0.2) is 15.0 Å². The minimum atomic E-state index is -3.64. The molecule has 0 aliphatic heterocycles. The molecular weight excluding hydrogens is 487 g/mol. The standard InChI is InChI=1S/C23H18Cl2N2O3S2/c24-17-9-11-18(12-10-17)32(29,30)14-13-21(28)27(15-16-5-2-1-3-6-16)23-26-22-19(25)7-4-8-20(22)31-23/h1-12H,13-15H2. The molecule has 0 radical (unpaired) electrons. The van der Waals surface area contributed by atoms with Crippen LogP contribution >= 0.6 is 34.5 Å². The van der Waals surface area contributed by atoms with E-state index in [1.54, 1.807) is 6.07 Å². The monoisotopic (exact) mass is 504 g/mol. The van der Waals surface area contributed by atoms with Gasteiger partial charge in [0, 0.05) is 11.4 Å². The molecule has 0 bridgehead atoms. The van der Waals surface area contributed by atoms with E-state index in [4.69, 9.17) is 23.2 Å². The summed E-state index contributed by atoms with van der Waals surface area (Å²) in [5.41, 5.74) is 1.53. The third-order valence-electron chi connectivity index (χ3n) is 4.83. The molecule has 4 aromatic rings. The lowest BCUT2D eigenvalue weighted by Gasteiger charge is -2.20. The number of hydrogen-bond donors (Lipinski definition) is 0. The van der Waals surface area contributed by atoms with Gasteiger partial charge in [-0.25, -0.2) is 13.4 Å². The van der Waals surface area contributed by atoms with Crippen LogP contribution in [0.1, 0.15) is 12.0 Å². The largest absolute Gasteiger partial charge is 0.284 e. The number of sulfone groups is 1. The van der Waals surface area contributed by atoms with Crippen LogP contribution in [0.25, 0.3) is 10.2 Å². The first-order chi connectivity index (χ1) is 15.3. The molecule has 0 saturated heterocycles. The highest BCUT2D eigenvalue weighted by Gasteiger charge is 2.24. The molecule has 5 nitrogen and oxygen atoms in total. The number of carbonyl (C=O) groups is 1. The Kier molecular flexibility index (Phi) is 6.81. The Morgan fingerprint density at radius 1 is 0.938 bits per heavy atom. The first kappa shape index (κ1) is 22.7. The Morgan fingerprint density at radius 3 is 2.34 bits per heavy atom. The Hall–Kier alpha value is -2.45. The molecule has 1 heterocycles. The third kappa shape index (κ3) is 5.13. The second-order valence-electron chi connectivity index (χ2n) is 7.07. The molecule has 0 N–H and O–H groups in total. The van der Waals surface area contributed by atoms with Gasteiger partial charge in [0.1, 0.15) is 5.52 Å². The van der Waals surface area contributed by atoms with Crippen molar-refractivity contribution in [3.8, 4) is 0 Å². The number of para-hydroxylation sites is 1. The van der Waals surface area contributed by atoms with Crippen molar-refractivity contribution in [1.82, 2.24) is 4.98 Å². The quantitative estimate of drug-likeness (QED) is 0.309. The molecule has 0 spiro atoms. The molecule has 0 fully saturated rings. The van der Waals surface area contributed by atoms with Crippen LogP contribution in [0, 0.1) is 0 Å². The summed E-state index contributed by atoms with van der Waals surface area (Å²) in [5, 5.41) is 1.43. The summed E-state index contributed by atoms with van der Waals surface area (Å²) in [6.07, 6.45) is -0.179. The SMILES string of the molecule is O=C(CCS(=O)(=O)c1ccc(Cl)cc1)N(Cc1ccccc1)c1nc2c(Cl)cccc2s1. The number of benzene rings is 3. The summed E-state index contributed by atoms with van der Waals surface area (Å²) in [6.45, 7) is 0.276. The highest BCUT2D eigenvalue weighted by Crippen LogP contribution is 2.34. The molecule has 0 aliphatic carbocycles. The van der Waals surface area contributed by atoms with E-state index in [2.05, 4.69) is 4.98 Å². The Bertz CT molecular complexity index is 1360. The van der Waals surface area contributed by atoms with E-state index < -0.39 is 9.84 Å². The van der Waals surface area contributed by atoms with Crippen LogP contribution in [-0.4, -0.2) is 25.1 Å². The molecule has 0 saturated carbocycles. The van der Waals surface area contributed by atoms with E-state index in [0.717, 1.165) is 10.3 Å². The van der Waals surface area contributed by atoms with Crippen molar-refractivity contribution in [3.63, 3.8) is 0 Å². The lowest BCUT2D eigenvalue weighted by atomic mass is 10.2. The van der Waals surface area contributed by atoms with Gasteiger partial charge in [-0.15, -0.1) is 0 Å². The fourth-order valence-corrected chi connectivity index (χ4v) is 5.80. The fourth-order valence-electron chi connectivity index (χ4n) is 3.16. The Morgan fingerprint density at radius 2 is 1.66 bits per heavy atom. The topological polar surface area (TPSA) is 67.3 Å². The minimum Gasteiger partial charge on any atom is -0.284 e. The first-order valence-corrected chi connectivity index (χ1v) is 12.9. The van der Waals surface area contributed by atoms with Crippen molar-refractivity contribution >= 4 is 65.6 Å². The summed E-state index contributed by atoms with van der Waals surface area (Å²) < 4.78 is 26.3. The van der Waals surface area contributed by atoms with E-state index in [9.17, 15) is 13.2 Å². The number of hydrogen-bond acceptors (Lipinski definition) is 5. The van der Waals surface area contributed by atoms with Crippen molar-refractivity contribution in [2.24, 2.45) is 0 Å². The van der Waals surface area contributed by atoms with Crippen LogP contribution in [-0.2, 0) is 21.2 Å². The molecule has 3 aromatic carbocycles. The van der Waals surface area contributed by atoms with Crippen molar-refractivity contribution in [2.75, 3.05) is 10.7 Å². The van der Waals surface area contributed by atoms with Crippen molar-refractivity contribution in [2.45, 2.75) is 17.9 Å². The summed E-state index contributed by atoms with van der Waals surface area (Å²) in [4.78, 5) is 19.4. The molecular formula is C23H18Cl2N2O3S2. The van der Waals surface area contributed by atoms with Gasteiger partial charge < -0.3 is 0 Å². The van der Waals surface area contributed by atoms with Crippen LogP contribution in [0.2, 0.25) is 10.0 Å². The van der Waals surface area contributed by atoms with Gasteiger partial charge in [-0.2, -0.15) is 0 Å². The second kappa shape index (κ2) is 9.58. The van der Waals surface area contributed by atoms with E-state index in [1.807, 2.05) is 42.5 Å². The van der Waals surface area contributed by atoms with Gasteiger partial charge in [-0.1, -0.05) is 70.9 Å². The zero-order valence-electron chi connectivity index (χ0n) is 16.7. The van der Waals surface area contributed by atoms with Crippen LogP contribution in [0.5, 0.6) is 0 Å². The van der Waals surface area contributed by atoms with Crippen LogP contribution in [0.4, 0.5) is 5.13 Å². The van der Waals surface area contributed by atoms with Gasteiger partial charge in [0.2, 0.25) is 5.91 Å². The lowest BCUT2D eigenvalue weighted by molar-refractivity contribution is -0.118. The minimum absolute atomic E-state index is 0.135. The molecule has 4 rings (SSSR count). The van der Waals surface area contributed by atoms with Gasteiger partial charge in [-0.05, 0) is 42.0 Å². The van der Waals surface area contributed by atoms with Crippen molar-refractivity contribution in [3.05, 3.63) is 88.4 Å². The van der Waals surface area contributed by atoms with E-state index in [0.29, 0.717) is 20.7 Å². The number of amides is 1. The van der Waals surface area contributed by atoms with E-state index in [1.165, 1.54) is 40.5 Å². The van der Waals surface area contributed by atoms with Crippen molar-refractivity contribution < 1.29 is 13.2 Å². The second-order valence-corrected chi connectivity index (χ2v) is 11.0. The predicted octanol–water partition coefficient (Wildman–Crippen LogP) is 6.00. The summed E-state index contributed by atoms with van der Waals surface area (Å²) in [5.74, 6) is -0.647. The maximum atomic E-state index is 13.2. The highest BCUT2D eigenvalue weighted by atomic mass is 35.5. The molecule has 0 atom stereocenters. The average Bonchev–Trinajstić information content (AvgIpc) is 3.22. The number of fused-ring (bicyclic) bond motifs is 1. The third-order valence-corrected chi connectivity index (χ3v) is 8.16. The number of anilines is 1. The zero-order valence-corrected chi connectivity index (χ0v) is 19.9. The molecule has 0 unspecified atom stereocenters. The normalized spacial score (nSPS) is 11.6. The van der Waals surface area contributed by atoms with Gasteiger partial charge in [0.05, 0.1) is 26.9 Å². The molecule has 0 aliphatic rings. The van der Waals surface area contributed by atoms with Gasteiger partial charge in [0.25, 0.3) is 0 Å². The molecule has 32 heavy (non-hydrogen) atoms. The number of thiazole rings is 1. The smallest absolute Gasteiger partial charge is 0.230 e. The highest BCUT2D eigenvalue weighted by molar-refractivity contribution is 7.91. The van der Waals surface area contributed by atoms with Crippen LogP contribution < -0.4 is 4.90 Å². The lowest BCUT2D eigenvalue weighted by Crippen LogP contribution is -2.31. The van der Waals surface area contributed by atoms with Gasteiger partial charge in [-0.3, -0.25) is 9.69 Å². The zero-order chi connectivity index (χ0) is 22.7. The fraction of sp³-hybridized carbons (Fsp3) is 0.130. The maximum absolute atomic E-state index is 13.2. The van der Waals surface area contributed by atoms with Gasteiger partial charge >= 0.3 is 0 Å². The number of nitrogens with zero attached hydrogens (tertiary/aromatic N) is 2. The number of rotatable bonds is 7. The molecule has 164 valence electrons. The molecule has 1 amide bonds. The predicted molar refractivity (Wildman–Crippen MR) is 130 cm³/mol. The van der Waals surface area contributed by atoms with Crippen LogP contribution in [0.15, 0.2) is 77.7 Å². The first-order valence-electron chi connectivity index (χ1n) is 9.71. The molecule has 1 aromatic heterocycles. The van der Waals surface area contributed by atoms with Crippen molar-refractivity contribution in [1.29, 1.82) is 0 Å². The maximum Gasteiger partial charge on any atom is 0.230 e. The summed E-state index contributed by atoms with van der Waals surface area (Å²) >= 11 is 13.5. The Balaban J connectivity index is 1.61. The molecule has 9 heteroatoms.